The summed E-state index contributed by atoms with van der Waals surface area (Å²) in [4.78, 5) is 8.20. The highest BCUT2D eigenvalue weighted by Gasteiger charge is 2.25. The van der Waals surface area contributed by atoms with Crippen LogP contribution in [0.25, 0.3) is 5.65 Å². The largest absolute Gasteiger partial charge is 0.389 e. The zero-order valence-electron chi connectivity index (χ0n) is 9.91. The van der Waals surface area contributed by atoms with Crippen molar-refractivity contribution in [1.82, 2.24) is 19.7 Å². The van der Waals surface area contributed by atoms with Crippen molar-refractivity contribution in [2.75, 3.05) is 6.54 Å². The van der Waals surface area contributed by atoms with Crippen LogP contribution in [-0.4, -0.2) is 27.1 Å². The number of imidazole rings is 1. The van der Waals surface area contributed by atoms with E-state index in [2.05, 4.69) is 31.2 Å². The summed E-state index contributed by atoms with van der Waals surface area (Å²) in [5.74, 6) is 0. The lowest BCUT2D eigenvalue weighted by molar-refractivity contribution is -0.135. The van der Waals surface area contributed by atoms with Crippen molar-refractivity contribution in [3.63, 3.8) is 0 Å². The van der Waals surface area contributed by atoms with Crippen molar-refractivity contribution >= 4 is 21.6 Å². The summed E-state index contributed by atoms with van der Waals surface area (Å²) in [5.41, 5.74) is 1.58. The smallest absolute Gasteiger partial charge is 0.311 e. The average Bonchev–Trinajstić information content (AvgIpc) is 2.70. The average molecular weight is 337 g/mol. The second-order valence-corrected chi connectivity index (χ2v) is 4.90. The Kier molecular flexibility index (Phi) is 4.41. The molecule has 0 aliphatic rings. The lowest BCUT2D eigenvalue weighted by Gasteiger charge is -2.07. The molecule has 0 saturated carbocycles. The van der Waals surface area contributed by atoms with E-state index in [1.165, 1.54) is 0 Å². The van der Waals surface area contributed by atoms with Crippen LogP contribution in [0.5, 0.6) is 0 Å². The van der Waals surface area contributed by atoms with Crippen LogP contribution in [-0.2, 0) is 6.54 Å². The summed E-state index contributed by atoms with van der Waals surface area (Å²) < 4.78 is 38.4. The van der Waals surface area contributed by atoms with Crippen molar-refractivity contribution in [1.29, 1.82) is 0 Å². The summed E-state index contributed by atoms with van der Waals surface area (Å²) in [6, 6.07) is 0. The van der Waals surface area contributed by atoms with Crippen LogP contribution in [0.4, 0.5) is 13.2 Å². The molecule has 0 unspecified atom stereocenters. The van der Waals surface area contributed by atoms with Gasteiger partial charge < -0.3 is 5.32 Å². The van der Waals surface area contributed by atoms with Gasteiger partial charge in [0.25, 0.3) is 0 Å². The normalized spacial score (nSPS) is 12.2. The highest BCUT2D eigenvalue weighted by Crippen LogP contribution is 2.20. The minimum Gasteiger partial charge on any atom is -0.311 e. The van der Waals surface area contributed by atoms with E-state index in [1.807, 2.05) is 4.40 Å². The molecule has 2 rings (SSSR count). The minimum absolute atomic E-state index is 0.0749. The monoisotopic (exact) mass is 336 g/mol. The fraction of sp³-hybridized carbons (Fsp3) is 0.455. The molecule has 2 heterocycles. The van der Waals surface area contributed by atoms with Gasteiger partial charge in [-0.05, 0) is 28.9 Å². The van der Waals surface area contributed by atoms with Crippen LogP contribution >= 0.6 is 15.9 Å². The summed E-state index contributed by atoms with van der Waals surface area (Å²) in [5, 5.41) is 2.98. The predicted octanol–water partition coefficient (Wildman–Crippen LogP) is 2.92. The highest BCUT2D eigenvalue weighted by molar-refractivity contribution is 9.10. The molecule has 0 saturated heterocycles. The van der Waals surface area contributed by atoms with E-state index in [0.29, 0.717) is 23.3 Å². The van der Waals surface area contributed by atoms with Gasteiger partial charge in [0.1, 0.15) is 4.60 Å². The van der Waals surface area contributed by atoms with E-state index in [0.717, 1.165) is 5.69 Å². The van der Waals surface area contributed by atoms with E-state index in [1.54, 1.807) is 18.6 Å². The van der Waals surface area contributed by atoms with Crippen molar-refractivity contribution in [2.45, 2.75) is 25.6 Å². The maximum atomic E-state index is 12.0. The van der Waals surface area contributed by atoms with E-state index < -0.39 is 12.6 Å². The maximum absolute atomic E-state index is 12.0. The molecule has 8 heteroatoms. The summed E-state index contributed by atoms with van der Waals surface area (Å²) in [6.07, 6.45) is 0.308. The standard InChI is InChI=1S/C11H12BrF3N4/c12-9-7-19-8(5-18-10(19)6-17-9)4-16-3-1-2-11(13,14)15/h5-7,16H,1-4H2. The number of halogens is 4. The third kappa shape index (κ3) is 4.17. The molecule has 0 fully saturated rings. The van der Waals surface area contributed by atoms with Gasteiger partial charge in [0.05, 0.1) is 18.1 Å². The van der Waals surface area contributed by atoms with Crippen molar-refractivity contribution in [3.8, 4) is 0 Å². The van der Waals surface area contributed by atoms with Crippen LogP contribution in [0.3, 0.4) is 0 Å². The number of hydrogen-bond donors (Lipinski definition) is 1. The van der Waals surface area contributed by atoms with Gasteiger partial charge in [-0.3, -0.25) is 4.40 Å². The molecule has 2 aromatic heterocycles. The van der Waals surface area contributed by atoms with Crippen molar-refractivity contribution in [2.24, 2.45) is 0 Å². The number of fused-ring (bicyclic) bond motifs is 1. The summed E-state index contributed by atoms with van der Waals surface area (Å²) in [7, 11) is 0. The molecule has 0 radical (unpaired) electrons. The SMILES string of the molecule is FC(F)(F)CCCNCc1cnc2cnc(Br)cn12. The van der Waals surface area contributed by atoms with Crippen molar-refractivity contribution < 1.29 is 13.2 Å². The molecule has 0 aromatic carbocycles. The van der Waals surface area contributed by atoms with Crippen LogP contribution in [0.2, 0.25) is 0 Å². The lowest BCUT2D eigenvalue weighted by Crippen LogP contribution is -2.18. The molecule has 0 aliphatic carbocycles. The van der Waals surface area contributed by atoms with E-state index in [9.17, 15) is 13.2 Å². The summed E-state index contributed by atoms with van der Waals surface area (Å²) >= 11 is 3.26. The first-order valence-electron chi connectivity index (χ1n) is 5.71. The van der Waals surface area contributed by atoms with Gasteiger partial charge in [-0.15, -0.1) is 0 Å². The Bertz CT molecular complexity index is 552. The van der Waals surface area contributed by atoms with Crippen LogP contribution < -0.4 is 5.32 Å². The Morgan fingerprint density at radius 2 is 2.05 bits per heavy atom. The Hall–Kier alpha value is -1.15. The number of nitrogens with one attached hydrogen (secondary N) is 1. The van der Waals surface area contributed by atoms with Crippen LogP contribution in [0, 0.1) is 0 Å². The molecule has 0 amide bonds. The van der Waals surface area contributed by atoms with Crippen molar-refractivity contribution in [3.05, 3.63) is 28.9 Å². The predicted molar refractivity (Wildman–Crippen MR) is 67.7 cm³/mol. The number of hydrogen-bond acceptors (Lipinski definition) is 3. The maximum Gasteiger partial charge on any atom is 0.389 e. The zero-order chi connectivity index (χ0) is 13.9. The zero-order valence-corrected chi connectivity index (χ0v) is 11.5. The van der Waals surface area contributed by atoms with Gasteiger partial charge in [-0.2, -0.15) is 13.2 Å². The lowest BCUT2D eigenvalue weighted by atomic mass is 10.3. The third-order valence-electron chi connectivity index (χ3n) is 2.56. The Morgan fingerprint density at radius 3 is 2.79 bits per heavy atom. The quantitative estimate of drug-likeness (QED) is 0.853. The van der Waals surface area contributed by atoms with E-state index in [4.69, 9.17) is 0 Å². The van der Waals surface area contributed by atoms with E-state index in [-0.39, 0.29) is 6.42 Å². The molecule has 19 heavy (non-hydrogen) atoms. The van der Waals surface area contributed by atoms with Gasteiger partial charge in [0, 0.05) is 19.2 Å². The van der Waals surface area contributed by atoms with E-state index >= 15 is 0 Å². The molecular weight excluding hydrogens is 325 g/mol. The topological polar surface area (TPSA) is 42.2 Å². The Labute approximate surface area is 116 Å². The molecule has 2 aromatic rings. The molecule has 0 spiro atoms. The van der Waals surface area contributed by atoms with Gasteiger partial charge in [-0.25, -0.2) is 9.97 Å². The van der Waals surface area contributed by atoms with Gasteiger partial charge in [0.15, 0.2) is 5.65 Å². The first-order chi connectivity index (χ1) is 8.96. The molecular formula is C11H12BrF3N4. The van der Waals surface area contributed by atoms with Gasteiger partial charge in [0.2, 0.25) is 0 Å². The van der Waals surface area contributed by atoms with Crippen LogP contribution in [0.1, 0.15) is 18.5 Å². The molecule has 4 nitrogen and oxygen atoms in total. The minimum atomic E-state index is -4.08. The Morgan fingerprint density at radius 1 is 1.26 bits per heavy atom. The number of alkyl halides is 3. The second kappa shape index (κ2) is 5.87. The highest BCUT2D eigenvalue weighted by atomic mass is 79.9. The molecule has 0 atom stereocenters. The molecule has 104 valence electrons. The third-order valence-corrected chi connectivity index (χ3v) is 2.97. The van der Waals surface area contributed by atoms with Gasteiger partial charge in [-0.1, -0.05) is 0 Å². The number of aromatic nitrogens is 3. The fourth-order valence-electron chi connectivity index (χ4n) is 1.68. The number of nitrogens with zero attached hydrogens (tertiary/aromatic N) is 3. The fourth-order valence-corrected chi connectivity index (χ4v) is 1.98. The molecule has 0 bridgehead atoms. The Balaban J connectivity index is 1.86. The summed E-state index contributed by atoms with van der Waals surface area (Å²) in [6.45, 7) is 0.786. The van der Waals surface area contributed by atoms with Crippen LogP contribution in [0.15, 0.2) is 23.2 Å². The molecule has 0 aliphatic heterocycles. The number of rotatable bonds is 5. The second-order valence-electron chi connectivity index (χ2n) is 4.08. The first-order valence-corrected chi connectivity index (χ1v) is 6.50. The van der Waals surface area contributed by atoms with Gasteiger partial charge >= 0.3 is 6.18 Å². The first kappa shape index (κ1) is 14.3. The molecule has 1 N–H and O–H groups in total.